The zero-order valence-electron chi connectivity index (χ0n) is 16.2. The second kappa shape index (κ2) is 6.94. The fraction of sp³-hybridized carbons (Fsp3) is 0.450. The first kappa shape index (κ1) is 18.2. The summed E-state index contributed by atoms with van der Waals surface area (Å²) in [6.07, 6.45) is 0. The van der Waals surface area contributed by atoms with Gasteiger partial charge in [-0.2, -0.15) is 0 Å². The van der Waals surface area contributed by atoms with E-state index in [0.717, 1.165) is 16.9 Å². The molecule has 3 aromatic rings. The van der Waals surface area contributed by atoms with E-state index in [2.05, 4.69) is 48.8 Å². The molecular formula is C20H26N4O2. The number of carbonyl (C=O) groups excluding carboxylic acids is 1. The van der Waals surface area contributed by atoms with Crippen molar-refractivity contribution in [3.63, 3.8) is 0 Å². The molecule has 0 aliphatic carbocycles. The van der Waals surface area contributed by atoms with Gasteiger partial charge in [-0.15, -0.1) is 0 Å². The number of hydrogen-bond acceptors (Lipinski definition) is 4. The molecule has 3 rings (SSSR count). The predicted molar refractivity (Wildman–Crippen MR) is 101 cm³/mol. The van der Waals surface area contributed by atoms with Gasteiger partial charge in [-0.3, -0.25) is 4.79 Å². The molecule has 0 aliphatic heterocycles. The summed E-state index contributed by atoms with van der Waals surface area (Å²) in [7, 11) is 0. The van der Waals surface area contributed by atoms with Crippen molar-refractivity contribution >= 4 is 16.9 Å². The van der Waals surface area contributed by atoms with Gasteiger partial charge in [-0.1, -0.05) is 31.1 Å². The van der Waals surface area contributed by atoms with Gasteiger partial charge in [-0.05, 0) is 45.7 Å². The van der Waals surface area contributed by atoms with Crippen LogP contribution in [0.3, 0.4) is 0 Å². The number of amides is 1. The molecule has 0 saturated heterocycles. The summed E-state index contributed by atoms with van der Waals surface area (Å²) in [5, 5.41) is 7.04. The monoisotopic (exact) mass is 354 g/mol. The molecule has 138 valence electrons. The predicted octanol–water partition coefficient (Wildman–Crippen LogP) is 4.35. The van der Waals surface area contributed by atoms with Crippen molar-refractivity contribution in [2.75, 3.05) is 0 Å². The van der Waals surface area contributed by atoms with Crippen molar-refractivity contribution < 1.29 is 9.32 Å². The molecule has 1 amide bonds. The topological polar surface area (TPSA) is 73.0 Å². The third kappa shape index (κ3) is 3.11. The Morgan fingerprint density at radius 2 is 1.85 bits per heavy atom. The van der Waals surface area contributed by atoms with Crippen LogP contribution in [0.25, 0.3) is 11.0 Å². The summed E-state index contributed by atoms with van der Waals surface area (Å²) in [6, 6.07) is 8.08. The molecule has 0 bridgehead atoms. The standard InChI is InChI=1S/C20H26N4O2/c1-11(2)18(22-20(25)17-13(5)23-26-14(17)6)19-21-15-9-7-8-10-16(15)24(19)12(3)4/h7-12,18H,1-6H3,(H,22,25)/t18-/m1/s1. The summed E-state index contributed by atoms with van der Waals surface area (Å²) in [5.41, 5.74) is 3.12. The summed E-state index contributed by atoms with van der Waals surface area (Å²) in [6.45, 7) is 12.0. The molecule has 1 aromatic carbocycles. The summed E-state index contributed by atoms with van der Waals surface area (Å²) in [4.78, 5) is 17.7. The van der Waals surface area contributed by atoms with Crippen molar-refractivity contribution in [1.82, 2.24) is 20.0 Å². The fourth-order valence-electron chi connectivity index (χ4n) is 3.38. The van der Waals surface area contributed by atoms with E-state index in [4.69, 9.17) is 9.51 Å². The largest absolute Gasteiger partial charge is 0.361 e. The van der Waals surface area contributed by atoms with Crippen LogP contribution in [-0.2, 0) is 0 Å². The van der Waals surface area contributed by atoms with Crippen LogP contribution in [0.5, 0.6) is 0 Å². The summed E-state index contributed by atoms with van der Waals surface area (Å²) in [5.74, 6) is 1.40. The van der Waals surface area contributed by atoms with E-state index >= 15 is 0 Å². The maximum atomic E-state index is 12.9. The molecule has 2 heterocycles. The Hall–Kier alpha value is -2.63. The quantitative estimate of drug-likeness (QED) is 0.739. The Balaban J connectivity index is 2.05. The van der Waals surface area contributed by atoms with E-state index in [1.54, 1.807) is 13.8 Å². The lowest BCUT2D eigenvalue weighted by Gasteiger charge is -2.24. The van der Waals surface area contributed by atoms with Gasteiger partial charge < -0.3 is 14.4 Å². The van der Waals surface area contributed by atoms with Crippen molar-refractivity contribution in [3.05, 3.63) is 47.1 Å². The van der Waals surface area contributed by atoms with Crippen molar-refractivity contribution in [2.24, 2.45) is 5.92 Å². The number of benzene rings is 1. The molecule has 6 nitrogen and oxygen atoms in total. The van der Waals surface area contributed by atoms with Crippen molar-refractivity contribution in [1.29, 1.82) is 0 Å². The third-order valence-electron chi connectivity index (χ3n) is 4.63. The number of nitrogens with one attached hydrogen (secondary N) is 1. The van der Waals surface area contributed by atoms with Crippen LogP contribution in [0.1, 0.15) is 67.4 Å². The van der Waals surface area contributed by atoms with E-state index < -0.39 is 0 Å². The molecular weight excluding hydrogens is 328 g/mol. The van der Waals surface area contributed by atoms with Crippen LogP contribution in [0.15, 0.2) is 28.8 Å². The van der Waals surface area contributed by atoms with Crippen LogP contribution in [-0.4, -0.2) is 20.6 Å². The number of aryl methyl sites for hydroxylation is 2. The number of fused-ring (bicyclic) bond motifs is 1. The first-order valence-corrected chi connectivity index (χ1v) is 9.01. The molecule has 1 atom stereocenters. The maximum absolute atomic E-state index is 12.9. The van der Waals surface area contributed by atoms with Crippen LogP contribution in [0, 0.1) is 19.8 Å². The number of rotatable bonds is 5. The Kier molecular flexibility index (Phi) is 4.85. The van der Waals surface area contributed by atoms with Gasteiger partial charge in [0.2, 0.25) is 0 Å². The molecule has 26 heavy (non-hydrogen) atoms. The maximum Gasteiger partial charge on any atom is 0.257 e. The van der Waals surface area contributed by atoms with E-state index in [9.17, 15) is 4.79 Å². The average Bonchev–Trinajstić information content (AvgIpc) is 3.12. The summed E-state index contributed by atoms with van der Waals surface area (Å²) < 4.78 is 7.34. The highest BCUT2D eigenvalue weighted by atomic mass is 16.5. The lowest BCUT2D eigenvalue weighted by atomic mass is 10.0. The molecule has 2 aromatic heterocycles. The fourth-order valence-corrected chi connectivity index (χ4v) is 3.38. The van der Waals surface area contributed by atoms with E-state index in [-0.39, 0.29) is 23.9 Å². The van der Waals surface area contributed by atoms with Gasteiger partial charge in [0.05, 0.1) is 22.8 Å². The second-order valence-corrected chi connectivity index (χ2v) is 7.32. The second-order valence-electron chi connectivity index (χ2n) is 7.32. The van der Waals surface area contributed by atoms with Gasteiger partial charge in [0.1, 0.15) is 17.1 Å². The Morgan fingerprint density at radius 3 is 2.42 bits per heavy atom. The van der Waals surface area contributed by atoms with E-state index in [1.165, 1.54) is 0 Å². The highest BCUT2D eigenvalue weighted by molar-refractivity contribution is 5.96. The van der Waals surface area contributed by atoms with Gasteiger partial charge in [0.25, 0.3) is 5.91 Å². The van der Waals surface area contributed by atoms with Crippen LogP contribution < -0.4 is 5.32 Å². The first-order valence-electron chi connectivity index (χ1n) is 9.01. The van der Waals surface area contributed by atoms with Gasteiger partial charge >= 0.3 is 0 Å². The average molecular weight is 354 g/mol. The molecule has 0 spiro atoms. The zero-order valence-corrected chi connectivity index (χ0v) is 16.2. The van der Waals surface area contributed by atoms with Gasteiger partial charge in [0.15, 0.2) is 0 Å². The Bertz CT molecular complexity index is 917. The minimum atomic E-state index is -0.217. The smallest absolute Gasteiger partial charge is 0.257 e. The minimum Gasteiger partial charge on any atom is -0.361 e. The number of para-hydroxylation sites is 2. The molecule has 0 saturated carbocycles. The number of nitrogens with zero attached hydrogens (tertiary/aromatic N) is 3. The molecule has 1 N–H and O–H groups in total. The minimum absolute atomic E-state index is 0.175. The highest BCUT2D eigenvalue weighted by Crippen LogP contribution is 2.29. The molecule has 6 heteroatoms. The van der Waals surface area contributed by atoms with Gasteiger partial charge in [-0.25, -0.2) is 4.98 Å². The molecule has 0 fully saturated rings. The number of aromatic nitrogens is 3. The third-order valence-corrected chi connectivity index (χ3v) is 4.63. The van der Waals surface area contributed by atoms with Crippen LogP contribution in [0.4, 0.5) is 0 Å². The van der Waals surface area contributed by atoms with E-state index in [0.29, 0.717) is 17.0 Å². The number of carbonyl (C=O) groups is 1. The van der Waals surface area contributed by atoms with Crippen molar-refractivity contribution in [2.45, 2.75) is 53.6 Å². The molecule has 0 aliphatic rings. The van der Waals surface area contributed by atoms with Crippen LogP contribution >= 0.6 is 0 Å². The molecule has 0 radical (unpaired) electrons. The molecule has 0 unspecified atom stereocenters. The van der Waals surface area contributed by atoms with Crippen molar-refractivity contribution in [3.8, 4) is 0 Å². The highest BCUT2D eigenvalue weighted by Gasteiger charge is 2.28. The van der Waals surface area contributed by atoms with E-state index in [1.807, 2.05) is 18.2 Å². The lowest BCUT2D eigenvalue weighted by Crippen LogP contribution is -2.34. The Morgan fingerprint density at radius 1 is 1.15 bits per heavy atom. The number of imidazole rings is 1. The number of hydrogen-bond donors (Lipinski definition) is 1. The van der Waals surface area contributed by atoms with Crippen LogP contribution in [0.2, 0.25) is 0 Å². The SMILES string of the molecule is Cc1noc(C)c1C(=O)N[C@@H](c1nc2ccccc2n1C(C)C)C(C)C. The Labute approximate surface area is 153 Å². The first-order chi connectivity index (χ1) is 12.3. The van der Waals surface area contributed by atoms with Gasteiger partial charge in [0, 0.05) is 6.04 Å². The lowest BCUT2D eigenvalue weighted by molar-refractivity contribution is 0.0919. The normalized spacial score (nSPS) is 12.9. The summed E-state index contributed by atoms with van der Waals surface area (Å²) >= 11 is 0. The zero-order chi connectivity index (χ0) is 19.0.